The van der Waals surface area contributed by atoms with E-state index < -0.39 is 0 Å². The minimum Gasteiger partial charge on any atom is -0.409 e. The fourth-order valence-electron chi connectivity index (χ4n) is 1.22. The number of oxime groups is 1. The summed E-state index contributed by atoms with van der Waals surface area (Å²) in [6, 6.07) is 0. The molecule has 0 aliphatic heterocycles. The molecule has 0 aliphatic rings. The molecule has 0 fully saturated rings. The van der Waals surface area contributed by atoms with Gasteiger partial charge in [-0.15, -0.1) is 0 Å². The first kappa shape index (κ1) is 14.2. The molecule has 0 aromatic heterocycles. The lowest BCUT2D eigenvalue weighted by Crippen LogP contribution is -2.29. The SMILES string of the molecule is CN(C)CCN(C)CCCCC(N)=NO. The molecular weight excluding hydrogens is 192 g/mol. The van der Waals surface area contributed by atoms with Crippen LogP contribution < -0.4 is 5.73 Å². The summed E-state index contributed by atoms with van der Waals surface area (Å²) in [6.45, 7) is 3.22. The first-order valence-corrected chi connectivity index (χ1v) is 5.36. The quantitative estimate of drug-likeness (QED) is 0.203. The van der Waals surface area contributed by atoms with Crippen molar-refractivity contribution in [3.8, 4) is 0 Å². The Balaban J connectivity index is 3.35. The van der Waals surface area contributed by atoms with Crippen molar-refractivity contribution in [2.45, 2.75) is 19.3 Å². The number of hydrogen-bond donors (Lipinski definition) is 2. The maximum absolute atomic E-state index is 8.34. The van der Waals surface area contributed by atoms with E-state index in [0.717, 1.165) is 32.5 Å². The molecule has 0 heterocycles. The Kier molecular flexibility index (Phi) is 8.04. The number of unbranched alkanes of at least 4 members (excludes halogenated alkanes) is 1. The lowest BCUT2D eigenvalue weighted by Gasteiger charge is -2.18. The fourth-order valence-corrected chi connectivity index (χ4v) is 1.22. The highest BCUT2D eigenvalue weighted by Gasteiger charge is 1.99. The van der Waals surface area contributed by atoms with Gasteiger partial charge in [0.25, 0.3) is 0 Å². The number of likely N-dealkylation sites (N-methyl/N-ethyl adjacent to an activating group) is 2. The summed E-state index contributed by atoms with van der Waals surface area (Å²) in [5, 5.41) is 11.3. The molecule has 0 radical (unpaired) electrons. The van der Waals surface area contributed by atoms with Crippen molar-refractivity contribution >= 4 is 5.84 Å². The van der Waals surface area contributed by atoms with Crippen molar-refractivity contribution in [1.82, 2.24) is 9.80 Å². The van der Waals surface area contributed by atoms with Crippen molar-refractivity contribution in [2.24, 2.45) is 10.9 Å². The molecule has 0 saturated carbocycles. The molecule has 0 unspecified atom stereocenters. The maximum Gasteiger partial charge on any atom is 0.139 e. The third-order valence-electron chi connectivity index (χ3n) is 2.28. The number of amidine groups is 1. The Morgan fingerprint density at radius 1 is 1.13 bits per heavy atom. The lowest BCUT2D eigenvalue weighted by molar-refractivity contribution is 0.278. The number of rotatable bonds is 8. The average molecular weight is 216 g/mol. The van der Waals surface area contributed by atoms with Crippen molar-refractivity contribution in [3.05, 3.63) is 0 Å². The van der Waals surface area contributed by atoms with Crippen LogP contribution in [-0.4, -0.2) is 61.6 Å². The molecule has 0 aromatic rings. The first-order chi connectivity index (χ1) is 7.06. The first-order valence-electron chi connectivity index (χ1n) is 5.36. The summed E-state index contributed by atoms with van der Waals surface area (Å²) in [5.74, 6) is 0.325. The number of nitrogens with zero attached hydrogens (tertiary/aromatic N) is 3. The predicted molar refractivity (Wildman–Crippen MR) is 63.3 cm³/mol. The van der Waals surface area contributed by atoms with Gasteiger partial charge in [0.05, 0.1) is 0 Å². The van der Waals surface area contributed by atoms with Crippen LogP contribution in [0.3, 0.4) is 0 Å². The van der Waals surface area contributed by atoms with Crippen molar-refractivity contribution in [1.29, 1.82) is 0 Å². The largest absolute Gasteiger partial charge is 0.409 e. The summed E-state index contributed by atoms with van der Waals surface area (Å²) in [6.07, 6.45) is 2.74. The van der Waals surface area contributed by atoms with Gasteiger partial charge in [-0.2, -0.15) is 0 Å². The van der Waals surface area contributed by atoms with Crippen molar-refractivity contribution in [2.75, 3.05) is 40.8 Å². The van der Waals surface area contributed by atoms with Gasteiger partial charge in [-0.05, 0) is 40.5 Å². The zero-order valence-electron chi connectivity index (χ0n) is 10.1. The van der Waals surface area contributed by atoms with Crippen molar-refractivity contribution in [3.63, 3.8) is 0 Å². The van der Waals surface area contributed by atoms with E-state index >= 15 is 0 Å². The Labute approximate surface area is 92.5 Å². The third kappa shape index (κ3) is 9.49. The van der Waals surface area contributed by atoms with Gasteiger partial charge in [0, 0.05) is 19.5 Å². The summed E-state index contributed by atoms with van der Waals surface area (Å²) < 4.78 is 0. The van der Waals surface area contributed by atoms with Gasteiger partial charge in [0.1, 0.15) is 5.84 Å². The van der Waals surface area contributed by atoms with Gasteiger partial charge in [0.15, 0.2) is 0 Å². The van der Waals surface area contributed by atoms with E-state index in [1.165, 1.54) is 0 Å². The van der Waals surface area contributed by atoms with E-state index in [1.54, 1.807) is 0 Å². The maximum atomic E-state index is 8.34. The van der Waals surface area contributed by atoms with E-state index in [2.05, 4.69) is 36.1 Å². The smallest absolute Gasteiger partial charge is 0.139 e. The molecule has 5 nitrogen and oxygen atoms in total. The Bertz CT molecular complexity index is 182. The van der Waals surface area contributed by atoms with Gasteiger partial charge in [0.2, 0.25) is 0 Å². The van der Waals surface area contributed by atoms with E-state index in [4.69, 9.17) is 10.9 Å². The zero-order chi connectivity index (χ0) is 11.7. The molecule has 90 valence electrons. The highest BCUT2D eigenvalue weighted by atomic mass is 16.4. The third-order valence-corrected chi connectivity index (χ3v) is 2.28. The summed E-state index contributed by atoms with van der Waals surface area (Å²) >= 11 is 0. The van der Waals surface area contributed by atoms with Gasteiger partial charge >= 0.3 is 0 Å². The average Bonchev–Trinajstić information content (AvgIpc) is 2.21. The topological polar surface area (TPSA) is 65.1 Å². The van der Waals surface area contributed by atoms with E-state index in [0.29, 0.717) is 12.3 Å². The van der Waals surface area contributed by atoms with Gasteiger partial charge in [-0.3, -0.25) is 0 Å². The number of nitrogens with two attached hydrogens (primary N) is 1. The Morgan fingerprint density at radius 2 is 1.80 bits per heavy atom. The minimum absolute atomic E-state index is 0.325. The Hall–Kier alpha value is -0.810. The number of hydrogen-bond acceptors (Lipinski definition) is 4. The lowest BCUT2D eigenvalue weighted by atomic mass is 10.2. The van der Waals surface area contributed by atoms with Crippen LogP contribution >= 0.6 is 0 Å². The second-order valence-electron chi connectivity index (χ2n) is 4.15. The second kappa shape index (κ2) is 8.49. The molecule has 0 amide bonds. The summed E-state index contributed by atoms with van der Waals surface area (Å²) in [7, 11) is 6.27. The summed E-state index contributed by atoms with van der Waals surface area (Å²) in [5.41, 5.74) is 5.37. The van der Waals surface area contributed by atoms with Crippen LogP contribution in [0.4, 0.5) is 0 Å². The zero-order valence-corrected chi connectivity index (χ0v) is 10.1. The molecule has 0 bridgehead atoms. The molecule has 0 saturated heterocycles. The van der Waals surface area contributed by atoms with E-state index in [9.17, 15) is 0 Å². The predicted octanol–water partition coefficient (Wildman–Crippen LogP) is 0.397. The monoisotopic (exact) mass is 216 g/mol. The second-order valence-corrected chi connectivity index (χ2v) is 4.15. The summed E-state index contributed by atoms with van der Waals surface area (Å²) in [4.78, 5) is 4.47. The van der Waals surface area contributed by atoms with E-state index in [-0.39, 0.29) is 0 Å². The van der Waals surface area contributed by atoms with Crippen LogP contribution in [0.5, 0.6) is 0 Å². The standard InChI is InChI=1S/C10H24N4O/c1-13(2)8-9-14(3)7-5-4-6-10(11)12-15/h15H,4-9H2,1-3H3,(H2,11,12). The normalized spacial score (nSPS) is 12.7. The molecule has 5 heteroatoms. The van der Waals surface area contributed by atoms with Crippen LogP contribution in [0.15, 0.2) is 5.16 Å². The van der Waals surface area contributed by atoms with E-state index in [1.807, 2.05) is 0 Å². The molecule has 3 N–H and O–H groups in total. The van der Waals surface area contributed by atoms with Gasteiger partial charge < -0.3 is 20.7 Å². The minimum atomic E-state index is 0.325. The van der Waals surface area contributed by atoms with Crippen LogP contribution in [-0.2, 0) is 0 Å². The van der Waals surface area contributed by atoms with Crippen LogP contribution in [0.1, 0.15) is 19.3 Å². The molecule has 0 aromatic carbocycles. The fraction of sp³-hybridized carbons (Fsp3) is 0.900. The van der Waals surface area contributed by atoms with Crippen LogP contribution in [0.2, 0.25) is 0 Å². The van der Waals surface area contributed by atoms with Gasteiger partial charge in [-0.25, -0.2) is 0 Å². The molecule has 0 spiro atoms. The molecule has 0 rings (SSSR count). The molecule has 15 heavy (non-hydrogen) atoms. The van der Waals surface area contributed by atoms with Gasteiger partial charge in [-0.1, -0.05) is 5.16 Å². The highest BCUT2D eigenvalue weighted by molar-refractivity contribution is 5.79. The van der Waals surface area contributed by atoms with Crippen molar-refractivity contribution < 1.29 is 5.21 Å². The van der Waals surface area contributed by atoms with Crippen LogP contribution in [0.25, 0.3) is 0 Å². The van der Waals surface area contributed by atoms with Crippen LogP contribution in [0, 0.1) is 0 Å². The molecule has 0 aliphatic carbocycles. The Morgan fingerprint density at radius 3 is 2.33 bits per heavy atom. The molecule has 0 atom stereocenters. The molecular formula is C10H24N4O. The highest BCUT2D eigenvalue weighted by Crippen LogP contribution is 1.97.